The van der Waals surface area contributed by atoms with Crippen LogP contribution in [0, 0.1) is 0 Å². The van der Waals surface area contributed by atoms with Crippen molar-refractivity contribution in [1.29, 1.82) is 0 Å². The molecule has 11 nitrogen and oxygen atoms in total. The summed E-state index contributed by atoms with van der Waals surface area (Å²) in [6.45, 7) is 14.0. The lowest BCUT2D eigenvalue weighted by Gasteiger charge is -2.21. The molecular formula is C115H83N11. The summed E-state index contributed by atoms with van der Waals surface area (Å²) in [4.78, 5) is 38.6. The molecule has 7 heterocycles. The zero-order valence-corrected chi connectivity index (χ0v) is 70.4. The minimum absolute atomic E-state index is 0.0775. The molecule has 15 aromatic carbocycles. The van der Waals surface area contributed by atoms with Crippen molar-refractivity contribution in [2.24, 2.45) is 0 Å². The van der Waals surface area contributed by atoms with Crippen LogP contribution in [0.1, 0.15) is 74.9 Å². The second-order valence-electron chi connectivity index (χ2n) is 34.6. The van der Waals surface area contributed by atoms with Crippen LogP contribution >= 0.6 is 0 Å². The molecule has 0 aliphatic heterocycles. The van der Waals surface area contributed by atoms with Crippen molar-refractivity contribution in [3.05, 3.63) is 428 Å². The summed E-state index contributed by atoms with van der Waals surface area (Å²) in [5.74, 6) is 3.64. The van der Waals surface area contributed by atoms with E-state index in [0.717, 1.165) is 101 Å². The highest BCUT2D eigenvalue weighted by Gasteiger charge is 2.40. The molecule has 0 atom stereocenters. The van der Waals surface area contributed by atoms with Crippen LogP contribution in [-0.2, 0) is 16.2 Å². The normalized spacial score (nSPS) is 13.3. The number of hydrogen-bond acceptors (Lipinski definition) is 8. The quantitative estimate of drug-likeness (QED) is 0.133. The maximum absolute atomic E-state index is 5.19. The van der Waals surface area contributed by atoms with E-state index in [1.165, 1.54) is 116 Å². The topological polar surface area (TPSA) is 118 Å². The highest BCUT2D eigenvalue weighted by molar-refractivity contribution is 6.15. The molecule has 3 aliphatic rings. The van der Waals surface area contributed by atoms with E-state index < -0.39 is 0 Å². The van der Waals surface area contributed by atoms with E-state index in [0.29, 0.717) is 11.6 Å². The Labute approximate surface area is 730 Å². The van der Waals surface area contributed by atoms with Gasteiger partial charge in [0.25, 0.3) is 0 Å². The molecule has 0 saturated heterocycles. The van der Waals surface area contributed by atoms with E-state index in [2.05, 4.69) is 385 Å². The molecule has 0 unspecified atom stereocenters. The number of fused-ring (bicyclic) bond motifs is 18. The number of rotatable bonds is 10. The van der Waals surface area contributed by atoms with Crippen LogP contribution in [0.25, 0.3) is 195 Å². The van der Waals surface area contributed by atoms with Gasteiger partial charge in [0.1, 0.15) is 5.82 Å². The SMILES string of the molecule is CC1(C)c2ccccc2-c2cc3c4ccccc4n(-c4cc(-c5ccccc5)nc(-c5ccccc5)n4)c3cc21.CC1(C)c2ccccc2-c2cc3c4ccccc4n(-c4cc(-c5ncccn5)cc(-c5ncccn5)c4)c3cc21.CC1(C)c2ccccc2-c2cc3c4ccccc4n(-c4cccc(-c5cc(-c6ccccc6)nc(-c6ccccc6)n5)c4)c3cc21. The van der Waals surface area contributed by atoms with Gasteiger partial charge in [0, 0.05) is 130 Å². The van der Waals surface area contributed by atoms with Crippen molar-refractivity contribution in [3.63, 3.8) is 0 Å². The standard InChI is InChI=1S/C43H31N3.C37H27N3.C35H25N5/c1-43(2)36-22-11-9-20-32(36)34-25-35-33-21-10-12-23-40(33)46(41(35)26-37(34)43)31-19-13-18-30(24-31)39-27-38(28-14-5-3-6-15-28)44-42(45-39)29-16-7-4-8-17-29;1-37(2)30-19-11-9-17-26(30)28-21-29-27-18-10-12-20-33(27)40(34(29)22-31(28)37)35-23-32(24-13-5-3-6-14-24)38-36(39-35)25-15-7-4-8-16-25;1-35(2)29-11-5-3-9-25(29)27-20-28-26-10-4-6-12-31(26)40(32(28)21-30(27)35)24-18-22(33-36-13-7-14-37-33)17-23(19-24)34-38-15-8-16-39-34/h3-27H,1-2H3;3-23H,1-2H3;3-21H,1-2H3. The van der Waals surface area contributed by atoms with E-state index >= 15 is 0 Å². The van der Waals surface area contributed by atoms with Crippen LogP contribution < -0.4 is 0 Å². The van der Waals surface area contributed by atoms with Crippen molar-refractivity contribution in [3.8, 4) is 130 Å². The first-order valence-corrected chi connectivity index (χ1v) is 43.1. The Kier molecular flexibility index (Phi) is 17.7. The van der Waals surface area contributed by atoms with Gasteiger partial charge in [0.2, 0.25) is 0 Å². The number of para-hydroxylation sites is 3. The van der Waals surface area contributed by atoms with Crippen molar-refractivity contribution >= 4 is 65.4 Å². The van der Waals surface area contributed by atoms with Crippen molar-refractivity contribution in [2.75, 3.05) is 0 Å². The first-order chi connectivity index (χ1) is 61.7. The van der Waals surface area contributed by atoms with Gasteiger partial charge in [0.15, 0.2) is 23.3 Å². The van der Waals surface area contributed by atoms with Gasteiger partial charge in [-0.3, -0.25) is 4.57 Å². The van der Waals surface area contributed by atoms with E-state index in [4.69, 9.17) is 19.9 Å². The van der Waals surface area contributed by atoms with Gasteiger partial charge in [-0.1, -0.05) is 302 Å². The van der Waals surface area contributed by atoms with Gasteiger partial charge in [-0.15, -0.1) is 0 Å². The van der Waals surface area contributed by atoms with Crippen molar-refractivity contribution in [2.45, 2.75) is 57.8 Å². The molecule has 0 saturated carbocycles. The Morgan fingerprint density at radius 3 is 0.944 bits per heavy atom. The molecule has 0 spiro atoms. The Hall–Kier alpha value is -16.0. The molecule has 0 bridgehead atoms. The number of hydrogen-bond donors (Lipinski definition) is 0. The Balaban J connectivity index is 0.000000109. The average molecular weight is 1620 g/mol. The molecule has 0 radical (unpaired) electrons. The Morgan fingerprint density at radius 1 is 0.190 bits per heavy atom. The van der Waals surface area contributed by atoms with Gasteiger partial charge in [-0.05, 0) is 170 Å². The van der Waals surface area contributed by atoms with Crippen LogP contribution in [0.3, 0.4) is 0 Å². The second-order valence-corrected chi connectivity index (χ2v) is 34.6. The lowest BCUT2D eigenvalue weighted by Crippen LogP contribution is -2.15. The predicted molar refractivity (Wildman–Crippen MR) is 515 cm³/mol. The molecule has 0 N–H and O–H groups in total. The average Bonchev–Trinajstić information content (AvgIpc) is 1.56. The van der Waals surface area contributed by atoms with Crippen molar-refractivity contribution < 1.29 is 0 Å². The van der Waals surface area contributed by atoms with Gasteiger partial charge >= 0.3 is 0 Å². The van der Waals surface area contributed by atoms with Crippen LogP contribution in [-0.4, -0.2) is 53.6 Å². The molecular weight excluding hydrogens is 1540 g/mol. The monoisotopic (exact) mass is 1620 g/mol. The summed E-state index contributed by atoms with van der Waals surface area (Å²) in [5, 5.41) is 7.45. The first kappa shape index (κ1) is 75.0. The predicted octanol–water partition coefficient (Wildman–Crippen LogP) is 28.1. The maximum Gasteiger partial charge on any atom is 0.162 e. The summed E-state index contributed by atoms with van der Waals surface area (Å²) in [6.07, 6.45) is 7.10. The van der Waals surface area contributed by atoms with E-state index in [1.54, 1.807) is 24.8 Å². The number of nitrogens with zero attached hydrogens (tertiary/aromatic N) is 11. The van der Waals surface area contributed by atoms with Crippen LogP contribution in [0.5, 0.6) is 0 Å². The molecule has 25 rings (SSSR count). The molecule has 22 aromatic rings. The van der Waals surface area contributed by atoms with Crippen LogP contribution in [0.2, 0.25) is 0 Å². The van der Waals surface area contributed by atoms with Gasteiger partial charge in [-0.25, -0.2) is 39.9 Å². The summed E-state index contributed by atoms with van der Waals surface area (Å²) < 4.78 is 7.11. The summed E-state index contributed by atoms with van der Waals surface area (Å²) in [5.41, 5.74) is 34.9. The van der Waals surface area contributed by atoms with Crippen molar-refractivity contribution in [1.82, 2.24) is 53.6 Å². The third-order valence-electron chi connectivity index (χ3n) is 26.2. The fraction of sp³-hybridized carbons (Fsp3) is 0.0783. The molecule has 126 heavy (non-hydrogen) atoms. The summed E-state index contributed by atoms with van der Waals surface area (Å²) in [6, 6.07) is 131. The lowest BCUT2D eigenvalue weighted by atomic mass is 9.82. The fourth-order valence-electron chi connectivity index (χ4n) is 20.1. The third-order valence-corrected chi connectivity index (χ3v) is 26.2. The highest BCUT2D eigenvalue weighted by atomic mass is 15.1. The number of aromatic nitrogens is 11. The van der Waals surface area contributed by atoms with Gasteiger partial charge in [0.05, 0.1) is 50.2 Å². The smallest absolute Gasteiger partial charge is 0.162 e. The molecule has 0 amide bonds. The molecule has 598 valence electrons. The fourth-order valence-corrected chi connectivity index (χ4v) is 20.1. The first-order valence-electron chi connectivity index (χ1n) is 43.1. The van der Waals surface area contributed by atoms with E-state index in [1.807, 2.05) is 60.7 Å². The summed E-state index contributed by atoms with van der Waals surface area (Å²) in [7, 11) is 0. The minimum Gasteiger partial charge on any atom is -0.309 e. The molecule has 3 aliphatic carbocycles. The molecule has 0 fully saturated rings. The second kappa shape index (κ2) is 29.7. The Bertz CT molecular complexity index is 7610. The highest BCUT2D eigenvalue weighted by Crippen LogP contribution is 2.55. The van der Waals surface area contributed by atoms with Crippen LogP contribution in [0.4, 0.5) is 0 Å². The zero-order chi connectivity index (χ0) is 84.5. The largest absolute Gasteiger partial charge is 0.309 e. The van der Waals surface area contributed by atoms with Gasteiger partial charge < -0.3 is 9.13 Å². The number of benzene rings is 15. The zero-order valence-electron chi connectivity index (χ0n) is 70.4. The van der Waals surface area contributed by atoms with Gasteiger partial charge in [-0.2, -0.15) is 0 Å². The summed E-state index contributed by atoms with van der Waals surface area (Å²) >= 11 is 0. The van der Waals surface area contributed by atoms with Crippen LogP contribution in [0.15, 0.2) is 395 Å². The lowest BCUT2D eigenvalue weighted by molar-refractivity contribution is 0.661. The van der Waals surface area contributed by atoms with E-state index in [-0.39, 0.29) is 16.2 Å². The maximum atomic E-state index is 5.19. The van der Waals surface area contributed by atoms with E-state index in [9.17, 15) is 0 Å². The third kappa shape index (κ3) is 12.4. The minimum atomic E-state index is -0.0931. The molecule has 11 heteroatoms. The molecule has 7 aromatic heterocycles. The Morgan fingerprint density at radius 2 is 0.516 bits per heavy atom.